The second-order valence-electron chi connectivity index (χ2n) is 2.51. The molecule has 66 valence electrons. The van der Waals surface area contributed by atoms with Gasteiger partial charge in [0.1, 0.15) is 0 Å². The second kappa shape index (κ2) is 5.04. The number of aliphatic imine (C=N–C) groups is 1. The zero-order chi connectivity index (χ0) is 9.52. The second-order valence-corrected chi connectivity index (χ2v) is 2.51. The molecule has 0 atom stereocenters. The number of aromatic nitrogens is 1. The monoisotopic (exact) mass is 172 g/mol. The van der Waals surface area contributed by atoms with Crippen LogP contribution in [0.5, 0.6) is 0 Å². The van der Waals surface area contributed by atoms with Crippen molar-refractivity contribution in [3.05, 3.63) is 48.8 Å². The first-order valence-electron chi connectivity index (χ1n) is 4.03. The van der Waals surface area contributed by atoms with Crippen molar-refractivity contribution in [1.82, 2.24) is 4.98 Å². The van der Waals surface area contributed by atoms with Gasteiger partial charge in [-0.2, -0.15) is 0 Å². The molecule has 0 aliphatic heterocycles. The zero-order valence-electron chi connectivity index (χ0n) is 7.64. The largest absolute Gasteiger partial charge is 0.297 e. The van der Waals surface area contributed by atoms with Gasteiger partial charge in [0.25, 0.3) is 0 Å². The topological polar surface area (TPSA) is 25.2 Å². The molecule has 0 bridgehead atoms. The number of rotatable bonds is 3. The van der Waals surface area contributed by atoms with Crippen molar-refractivity contribution in [2.75, 3.05) is 7.05 Å². The van der Waals surface area contributed by atoms with Gasteiger partial charge in [0, 0.05) is 19.5 Å². The molecule has 0 saturated heterocycles. The molecule has 0 aliphatic rings. The van der Waals surface area contributed by atoms with Crippen LogP contribution in [0.4, 0.5) is 0 Å². The molecular formula is C11H12N2. The van der Waals surface area contributed by atoms with Crippen molar-refractivity contribution in [2.45, 2.75) is 0 Å². The van der Waals surface area contributed by atoms with Crippen LogP contribution in [0.1, 0.15) is 5.69 Å². The summed E-state index contributed by atoms with van der Waals surface area (Å²) in [5, 5.41) is 0. The highest BCUT2D eigenvalue weighted by Crippen LogP contribution is 2.08. The average molecular weight is 172 g/mol. The molecule has 2 heteroatoms. The summed E-state index contributed by atoms with van der Waals surface area (Å²) in [7, 11) is 1.73. The molecule has 13 heavy (non-hydrogen) atoms. The summed E-state index contributed by atoms with van der Waals surface area (Å²) in [4.78, 5) is 7.99. The highest BCUT2D eigenvalue weighted by molar-refractivity contribution is 5.79. The van der Waals surface area contributed by atoms with Crippen LogP contribution in [0, 0.1) is 0 Å². The number of allylic oxidation sites excluding steroid dienone is 3. The van der Waals surface area contributed by atoms with E-state index in [-0.39, 0.29) is 0 Å². The van der Waals surface area contributed by atoms with E-state index in [0.29, 0.717) is 0 Å². The first kappa shape index (κ1) is 9.39. The predicted octanol–water partition coefficient (Wildman–Crippen LogP) is 2.35. The van der Waals surface area contributed by atoms with Gasteiger partial charge in [-0.25, -0.2) is 0 Å². The van der Waals surface area contributed by atoms with Crippen LogP contribution in [0.15, 0.2) is 48.1 Å². The van der Waals surface area contributed by atoms with Crippen molar-refractivity contribution < 1.29 is 0 Å². The summed E-state index contributed by atoms with van der Waals surface area (Å²) in [5.74, 6) is 0. The third kappa shape index (κ3) is 3.03. The van der Waals surface area contributed by atoms with Crippen molar-refractivity contribution in [1.29, 1.82) is 0 Å². The van der Waals surface area contributed by atoms with Crippen LogP contribution in [0.25, 0.3) is 5.57 Å². The fraction of sp³-hybridized carbons (Fsp3) is 0.0909. The van der Waals surface area contributed by atoms with Gasteiger partial charge in [-0.15, -0.1) is 0 Å². The third-order valence-electron chi connectivity index (χ3n) is 1.53. The van der Waals surface area contributed by atoms with Crippen LogP contribution in [0.2, 0.25) is 0 Å². The summed E-state index contributed by atoms with van der Waals surface area (Å²) in [6, 6.07) is 5.75. The molecule has 2 nitrogen and oxygen atoms in total. The van der Waals surface area contributed by atoms with E-state index >= 15 is 0 Å². The smallest absolute Gasteiger partial charge is 0.0695 e. The van der Waals surface area contributed by atoms with Crippen molar-refractivity contribution in [3.63, 3.8) is 0 Å². The third-order valence-corrected chi connectivity index (χ3v) is 1.53. The predicted molar refractivity (Wildman–Crippen MR) is 56.8 cm³/mol. The molecule has 1 heterocycles. The maximum absolute atomic E-state index is 4.16. The average Bonchev–Trinajstić information content (AvgIpc) is 2.19. The van der Waals surface area contributed by atoms with Crippen molar-refractivity contribution >= 4 is 11.8 Å². The number of nitrogens with zero attached hydrogens (tertiary/aromatic N) is 2. The Morgan fingerprint density at radius 2 is 2.38 bits per heavy atom. The minimum atomic E-state index is 0.889. The fourth-order valence-corrected chi connectivity index (χ4v) is 0.883. The molecule has 0 unspecified atom stereocenters. The molecule has 0 aliphatic carbocycles. The van der Waals surface area contributed by atoms with Crippen LogP contribution < -0.4 is 0 Å². The van der Waals surface area contributed by atoms with Gasteiger partial charge in [0.2, 0.25) is 0 Å². The Morgan fingerprint density at radius 1 is 1.54 bits per heavy atom. The standard InChI is InChI=1S/C11H12N2/c1-10(6-5-8-12-2)11-7-3-4-9-13-11/h3-9H,1H2,2H3/b6-5-,12-8-. The number of hydrogen-bond donors (Lipinski definition) is 0. The van der Waals surface area contributed by atoms with Crippen LogP contribution >= 0.6 is 0 Å². The molecule has 0 saturated carbocycles. The van der Waals surface area contributed by atoms with E-state index in [4.69, 9.17) is 0 Å². The van der Waals surface area contributed by atoms with E-state index in [1.807, 2.05) is 30.4 Å². The van der Waals surface area contributed by atoms with E-state index in [0.717, 1.165) is 11.3 Å². The van der Waals surface area contributed by atoms with E-state index in [1.165, 1.54) is 0 Å². The Hall–Kier alpha value is -1.70. The van der Waals surface area contributed by atoms with Gasteiger partial charge >= 0.3 is 0 Å². The molecule has 0 fully saturated rings. The maximum Gasteiger partial charge on any atom is 0.0695 e. The highest BCUT2D eigenvalue weighted by Gasteiger charge is 1.92. The SMILES string of the molecule is C=C(/C=C\C=N/C)c1ccccn1. The van der Waals surface area contributed by atoms with Crippen molar-refractivity contribution in [3.8, 4) is 0 Å². The molecule has 1 aromatic rings. The van der Waals surface area contributed by atoms with Crippen LogP contribution in [-0.2, 0) is 0 Å². The quantitative estimate of drug-likeness (QED) is 0.507. The first-order valence-corrected chi connectivity index (χ1v) is 4.03. The summed E-state index contributed by atoms with van der Waals surface area (Å²) in [6.07, 6.45) is 7.20. The fourth-order valence-electron chi connectivity index (χ4n) is 0.883. The van der Waals surface area contributed by atoms with Gasteiger partial charge in [-0.1, -0.05) is 18.7 Å². The van der Waals surface area contributed by atoms with Gasteiger partial charge in [0.05, 0.1) is 5.69 Å². The number of pyridine rings is 1. The van der Waals surface area contributed by atoms with Crippen LogP contribution in [0.3, 0.4) is 0 Å². The lowest BCUT2D eigenvalue weighted by Gasteiger charge is -1.96. The molecule has 0 aromatic carbocycles. The maximum atomic E-state index is 4.16. The van der Waals surface area contributed by atoms with E-state index in [2.05, 4.69) is 16.6 Å². The van der Waals surface area contributed by atoms with E-state index in [1.54, 1.807) is 19.5 Å². The molecular weight excluding hydrogens is 160 g/mol. The molecule has 0 radical (unpaired) electrons. The van der Waals surface area contributed by atoms with Crippen molar-refractivity contribution in [2.24, 2.45) is 4.99 Å². The lowest BCUT2D eigenvalue weighted by Crippen LogP contribution is -1.82. The van der Waals surface area contributed by atoms with Gasteiger partial charge < -0.3 is 0 Å². The molecule has 1 rings (SSSR count). The van der Waals surface area contributed by atoms with Crippen LogP contribution in [-0.4, -0.2) is 18.2 Å². The lowest BCUT2D eigenvalue weighted by molar-refractivity contribution is 1.28. The Morgan fingerprint density at radius 3 is 3.00 bits per heavy atom. The normalized spacial score (nSPS) is 11.2. The molecule has 0 spiro atoms. The minimum Gasteiger partial charge on any atom is -0.297 e. The molecule has 0 N–H and O–H groups in total. The van der Waals surface area contributed by atoms with Gasteiger partial charge in [-0.3, -0.25) is 9.98 Å². The Labute approximate surface area is 78.4 Å². The molecule has 1 aromatic heterocycles. The summed E-state index contributed by atoms with van der Waals surface area (Å²) < 4.78 is 0. The Balaban J connectivity index is 2.70. The highest BCUT2D eigenvalue weighted by atomic mass is 14.7. The summed E-state index contributed by atoms with van der Waals surface area (Å²) in [5.41, 5.74) is 1.78. The Bertz CT molecular complexity index is 323. The zero-order valence-corrected chi connectivity index (χ0v) is 7.64. The van der Waals surface area contributed by atoms with Gasteiger partial charge in [-0.05, 0) is 23.8 Å². The first-order chi connectivity index (χ1) is 6.34. The van der Waals surface area contributed by atoms with E-state index < -0.39 is 0 Å². The molecule has 0 amide bonds. The summed E-state index contributed by atoms with van der Waals surface area (Å²) in [6.45, 7) is 3.89. The lowest BCUT2D eigenvalue weighted by atomic mass is 10.2. The minimum absolute atomic E-state index is 0.889. The Kier molecular flexibility index (Phi) is 3.64. The number of hydrogen-bond acceptors (Lipinski definition) is 2. The summed E-state index contributed by atoms with van der Waals surface area (Å²) >= 11 is 0. The van der Waals surface area contributed by atoms with E-state index in [9.17, 15) is 0 Å². The van der Waals surface area contributed by atoms with Gasteiger partial charge in [0.15, 0.2) is 0 Å².